The van der Waals surface area contributed by atoms with E-state index in [4.69, 9.17) is 5.73 Å². The monoisotopic (exact) mass is 478 g/mol. The molecular formula is C33H22N2S. The number of thiophene rings is 1. The maximum atomic E-state index is 6.15. The van der Waals surface area contributed by atoms with Gasteiger partial charge in [-0.2, -0.15) is 0 Å². The quantitative estimate of drug-likeness (QED) is 0.264. The molecule has 0 saturated carbocycles. The molecule has 0 radical (unpaired) electrons. The van der Waals surface area contributed by atoms with Crippen molar-refractivity contribution in [1.82, 2.24) is 4.57 Å². The van der Waals surface area contributed by atoms with Crippen LogP contribution in [0.4, 0.5) is 0 Å². The van der Waals surface area contributed by atoms with Gasteiger partial charge in [0, 0.05) is 43.2 Å². The Hall–Kier alpha value is -4.18. The molecular weight excluding hydrogens is 456 g/mol. The summed E-state index contributed by atoms with van der Waals surface area (Å²) >= 11 is 1.84. The summed E-state index contributed by atoms with van der Waals surface area (Å²) in [5.41, 5.74) is 11.0. The molecule has 0 aliphatic heterocycles. The Balaban J connectivity index is 1.55. The fourth-order valence-electron chi connectivity index (χ4n) is 5.95. The van der Waals surface area contributed by atoms with E-state index in [0.29, 0.717) is 6.54 Å². The molecule has 0 aliphatic rings. The van der Waals surface area contributed by atoms with Gasteiger partial charge in [0.1, 0.15) is 0 Å². The number of fused-ring (bicyclic) bond motifs is 9. The van der Waals surface area contributed by atoms with E-state index < -0.39 is 0 Å². The number of rotatable bonds is 2. The third-order valence-corrected chi connectivity index (χ3v) is 8.70. The zero-order chi connectivity index (χ0) is 23.8. The molecule has 2 nitrogen and oxygen atoms in total. The van der Waals surface area contributed by atoms with Crippen molar-refractivity contribution in [3.8, 4) is 5.69 Å². The molecule has 2 heterocycles. The molecule has 0 fully saturated rings. The number of hydrogen-bond acceptors (Lipinski definition) is 2. The first-order valence-corrected chi connectivity index (χ1v) is 13.1. The fourth-order valence-corrected chi connectivity index (χ4v) is 7.08. The van der Waals surface area contributed by atoms with Gasteiger partial charge in [-0.1, -0.05) is 66.7 Å². The zero-order valence-electron chi connectivity index (χ0n) is 19.5. The Bertz CT molecular complexity index is 2150. The molecule has 36 heavy (non-hydrogen) atoms. The average Bonchev–Trinajstić information content (AvgIpc) is 3.46. The van der Waals surface area contributed by atoms with Crippen molar-refractivity contribution in [1.29, 1.82) is 0 Å². The van der Waals surface area contributed by atoms with Crippen LogP contribution in [0.1, 0.15) is 5.56 Å². The minimum atomic E-state index is 0.542. The smallest absolute Gasteiger partial charge is 0.0547 e. The van der Waals surface area contributed by atoms with Gasteiger partial charge in [0.05, 0.1) is 11.0 Å². The van der Waals surface area contributed by atoms with E-state index in [2.05, 4.69) is 114 Å². The lowest BCUT2D eigenvalue weighted by molar-refractivity contribution is 1.09. The zero-order valence-corrected chi connectivity index (χ0v) is 20.3. The first-order chi connectivity index (χ1) is 17.8. The Labute approximate surface area is 211 Å². The predicted octanol–water partition coefficient (Wildman–Crippen LogP) is 8.92. The fraction of sp³-hybridized carbons (Fsp3) is 0.0303. The van der Waals surface area contributed by atoms with E-state index in [1.54, 1.807) is 0 Å². The summed E-state index contributed by atoms with van der Waals surface area (Å²) < 4.78 is 5.04. The van der Waals surface area contributed by atoms with E-state index in [0.717, 1.165) is 0 Å². The summed E-state index contributed by atoms with van der Waals surface area (Å²) in [6.07, 6.45) is 0. The van der Waals surface area contributed by atoms with Crippen LogP contribution < -0.4 is 5.73 Å². The van der Waals surface area contributed by atoms with Crippen molar-refractivity contribution in [2.75, 3.05) is 0 Å². The molecule has 8 aromatic rings. The molecule has 2 aromatic heterocycles. The third-order valence-electron chi connectivity index (χ3n) is 7.57. The predicted molar refractivity (Wildman–Crippen MR) is 157 cm³/mol. The largest absolute Gasteiger partial charge is 0.326 e. The molecule has 8 rings (SSSR count). The Morgan fingerprint density at radius 1 is 0.556 bits per heavy atom. The summed E-state index contributed by atoms with van der Waals surface area (Å²) in [5.74, 6) is 0. The summed E-state index contributed by atoms with van der Waals surface area (Å²) in [6, 6.07) is 40.0. The third kappa shape index (κ3) is 2.70. The first-order valence-electron chi connectivity index (χ1n) is 12.3. The van der Waals surface area contributed by atoms with Gasteiger partial charge in [0.2, 0.25) is 0 Å². The number of benzene rings is 6. The molecule has 170 valence electrons. The number of nitrogens with zero attached hydrogens (tertiary/aromatic N) is 1. The van der Waals surface area contributed by atoms with Crippen molar-refractivity contribution < 1.29 is 0 Å². The van der Waals surface area contributed by atoms with Crippen LogP contribution in [0.15, 0.2) is 109 Å². The number of nitrogens with two attached hydrogens (primary N) is 1. The van der Waals surface area contributed by atoms with Crippen LogP contribution in [0.3, 0.4) is 0 Å². The van der Waals surface area contributed by atoms with Crippen molar-refractivity contribution in [3.63, 3.8) is 0 Å². The van der Waals surface area contributed by atoms with Crippen molar-refractivity contribution in [2.24, 2.45) is 5.73 Å². The van der Waals surface area contributed by atoms with E-state index in [9.17, 15) is 0 Å². The maximum Gasteiger partial charge on any atom is 0.0547 e. The second-order valence-electron chi connectivity index (χ2n) is 9.51. The molecule has 0 bridgehead atoms. The van der Waals surface area contributed by atoms with Crippen LogP contribution in [-0.2, 0) is 6.54 Å². The van der Waals surface area contributed by atoms with Crippen LogP contribution in [-0.4, -0.2) is 4.57 Å². The highest BCUT2D eigenvalue weighted by molar-refractivity contribution is 7.25. The van der Waals surface area contributed by atoms with E-state index >= 15 is 0 Å². The highest BCUT2D eigenvalue weighted by atomic mass is 32.1. The molecule has 0 aliphatic carbocycles. The van der Waals surface area contributed by atoms with Gasteiger partial charge >= 0.3 is 0 Å². The van der Waals surface area contributed by atoms with Gasteiger partial charge in [-0.3, -0.25) is 0 Å². The van der Waals surface area contributed by atoms with Gasteiger partial charge in [-0.25, -0.2) is 0 Å². The number of aromatic nitrogens is 1. The van der Waals surface area contributed by atoms with Crippen LogP contribution in [0.25, 0.3) is 69.2 Å². The first kappa shape index (κ1) is 20.1. The number of hydrogen-bond donors (Lipinski definition) is 1. The van der Waals surface area contributed by atoms with Gasteiger partial charge in [-0.05, 0) is 69.6 Å². The van der Waals surface area contributed by atoms with E-state index in [1.165, 1.54) is 74.8 Å². The SMILES string of the molecule is NCc1cccc2sc3ccc(-n4c5cc6ccccc6cc5c5c6ccccc6ccc54)cc3c12. The molecule has 0 spiro atoms. The molecule has 0 atom stereocenters. The minimum Gasteiger partial charge on any atom is -0.326 e. The molecule has 0 unspecified atom stereocenters. The highest BCUT2D eigenvalue weighted by Gasteiger charge is 2.17. The lowest BCUT2D eigenvalue weighted by atomic mass is 10.0. The standard InChI is InChI=1S/C33H22N2S/c34-19-23-9-5-11-31-32(23)27-18-24(13-15-30(27)36-31)35-28-14-12-20-6-3-4-10-25(20)33(28)26-16-21-7-1-2-8-22(21)17-29(26)35/h1-18H,19,34H2. The Morgan fingerprint density at radius 2 is 1.36 bits per heavy atom. The van der Waals surface area contributed by atoms with Crippen LogP contribution >= 0.6 is 11.3 Å². The molecule has 0 saturated heterocycles. The second-order valence-corrected chi connectivity index (χ2v) is 10.6. The highest BCUT2D eigenvalue weighted by Crippen LogP contribution is 2.41. The van der Waals surface area contributed by atoms with Gasteiger partial charge < -0.3 is 10.3 Å². The molecule has 0 amide bonds. The van der Waals surface area contributed by atoms with Gasteiger partial charge in [0.15, 0.2) is 0 Å². The van der Waals surface area contributed by atoms with Gasteiger partial charge in [-0.15, -0.1) is 11.3 Å². The molecule has 2 N–H and O–H groups in total. The van der Waals surface area contributed by atoms with Crippen molar-refractivity contribution in [3.05, 3.63) is 115 Å². The van der Waals surface area contributed by atoms with Crippen LogP contribution in [0, 0.1) is 0 Å². The van der Waals surface area contributed by atoms with Crippen molar-refractivity contribution in [2.45, 2.75) is 6.54 Å². The van der Waals surface area contributed by atoms with E-state index in [-0.39, 0.29) is 0 Å². The van der Waals surface area contributed by atoms with Crippen LogP contribution in [0.2, 0.25) is 0 Å². The summed E-state index contributed by atoms with van der Waals surface area (Å²) in [6.45, 7) is 0.542. The lowest BCUT2D eigenvalue weighted by Crippen LogP contribution is -1.96. The van der Waals surface area contributed by atoms with Crippen LogP contribution in [0.5, 0.6) is 0 Å². The Morgan fingerprint density at radius 3 is 2.22 bits per heavy atom. The summed E-state index contributed by atoms with van der Waals surface area (Å²) in [5, 5.41) is 10.3. The van der Waals surface area contributed by atoms with E-state index in [1.807, 2.05) is 11.3 Å². The topological polar surface area (TPSA) is 30.9 Å². The second kappa shape index (κ2) is 7.41. The molecule has 3 heteroatoms. The summed E-state index contributed by atoms with van der Waals surface area (Å²) in [7, 11) is 0. The lowest BCUT2D eigenvalue weighted by Gasteiger charge is -2.10. The minimum absolute atomic E-state index is 0.542. The molecule has 6 aromatic carbocycles. The maximum absolute atomic E-state index is 6.15. The average molecular weight is 479 g/mol. The summed E-state index contributed by atoms with van der Waals surface area (Å²) in [4.78, 5) is 0. The van der Waals surface area contributed by atoms with Crippen molar-refractivity contribution >= 4 is 74.9 Å². The van der Waals surface area contributed by atoms with Gasteiger partial charge in [0.25, 0.3) is 0 Å². The normalized spacial score (nSPS) is 12.1. The Kier molecular flexibility index (Phi) is 4.13.